The Bertz CT molecular complexity index is 640. The van der Waals surface area contributed by atoms with Crippen LogP contribution in [-0.2, 0) is 14.9 Å². The Kier molecular flexibility index (Phi) is 7.13. The summed E-state index contributed by atoms with van der Waals surface area (Å²) in [5.41, 5.74) is 0.928. The van der Waals surface area contributed by atoms with Crippen LogP contribution in [0.5, 0.6) is 0 Å². The fourth-order valence-electron chi connectivity index (χ4n) is 3.24. The van der Waals surface area contributed by atoms with Crippen LogP contribution in [0.3, 0.4) is 0 Å². The second-order valence-corrected chi connectivity index (χ2v) is 8.46. The van der Waals surface area contributed by atoms with Crippen molar-refractivity contribution >= 4 is 15.9 Å². The van der Waals surface area contributed by atoms with Crippen LogP contribution >= 0.6 is 0 Å². The molecule has 1 aliphatic heterocycles. The van der Waals surface area contributed by atoms with E-state index < -0.39 is 10.1 Å². The summed E-state index contributed by atoms with van der Waals surface area (Å²) in [5.74, 6) is 0.452. The van der Waals surface area contributed by atoms with Crippen molar-refractivity contribution < 1.29 is 22.2 Å². The van der Waals surface area contributed by atoms with Gasteiger partial charge in [0.15, 0.2) is 5.78 Å². The van der Waals surface area contributed by atoms with Gasteiger partial charge in [0.05, 0.1) is 23.5 Å². The molecule has 0 amide bonds. The van der Waals surface area contributed by atoms with Gasteiger partial charge in [0.1, 0.15) is 16.7 Å². The highest BCUT2D eigenvalue weighted by Crippen LogP contribution is 2.24. The number of carbonyl (C=O) groups is 1. The zero-order chi connectivity index (χ0) is 18.5. The van der Waals surface area contributed by atoms with E-state index in [-0.39, 0.29) is 4.90 Å². The lowest BCUT2D eigenvalue weighted by molar-refractivity contribution is -0.962. The first kappa shape index (κ1) is 20.8. The molecule has 6 heteroatoms. The van der Waals surface area contributed by atoms with Crippen LogP contribution in [0.2, 0.25) is 0 Å². The lowest BCUT2D eigenvalue weighted by Crippen LogP contribution is -2.62. The first-order valence-corrected chi connectivity index (χ1v) is 9.80. The molecule has 0 bridgehead atoms. The number of nitrogens with zero attached hydrogens (tertiary/aromatic N) is 1. The van der Waals surface area contributed by atoms with Crippen LogP contribution in [0.1, 0.15) is 46.1 Å². The Morgan fingerprint density at radius 2 is 1.54 bits per heavy atom. The summed E-state index contributed by atoms with van der Waals surface area (Å²) in [5, 5.41) is 0. The van der Waals surface area contributed by atoms with Crippen molar-refractivity contribution in [3.8, 4) is 0 Å². The van der Waals surface area contributed by atoms with E-state index in [4.69, 9.17) is 0 Å². The van der Waals surface area contributed by atoms with Crippen molar-refractivity contribution in [2.75, 3.05) is 13.1 Å². The van der Waals surface area contributed by atoms with E-state index in [2.05, 4.69) is 27.7 Å². The molecule has 1 aromatic rings. The van der Waals surface area contributed by atoms with Crippen molar-refractivity contribution in [1.29, 1.82) is 0 Å². The molecule has 0 aromatic heterocycles. The number of likely N-dealkylation sites (tertiary alicyclic amines) is 1. The van der Waals surface area contributed by atoms with Gasteiger partial charge in [-0.15, -0.1) is 0 Å². The van der Waals surface area contributed by atoms with E-state index in [0.717, 1.165) is 29.4 Å². The van der Waals surface area contributed by atoms with Crippen molar-refractivity contribution in [1.82, 2.24) is 0 Å². The number of ketones is 1. The molecule has 0 saturated carbocycles. The molecule has 0 atom stereocenters. The number of carbonyl (C=O) groups excluding carboxylic acids is 1. The Balaban J connectivity index is 0.000000243. The van der Waals surface area contributed by atoms with Gasteiger partial charge in [-0.3, -0.25) is 4.79 Å². The molecule has 0 aliphatic carbocycles. The largest absolute Gasteiger partial charge is 0.744 e. The van der Waals surface area contributed by atoms with E-state index in [1.165, 1.54) is 18.7 Å². The average Bonchev–Trinajstić information content (AvgIpc) is 2.47. The maximum absolute atomic E-state index is 11.5. The normalized spacial score (nSPS) is 17.6. The Hall–Kier alpha value is -1.24. The zero-order valence-corrected chi connectivity index (χ0v) is 16.1. The van der Waals surface area contributed by atoms with Gasteiger partial charge in [-0.1, -0.05) is 17.7 Å². The number of rotatable bonds is 3. The monoisotopic (exact) mass is 355 g/mol. The van der Waals surface area contributed by atoms with Gasteiger partial charge in [-0.05, 0) is 46.8 Å². The number of hydrogen-bond acceptors (Lipinski definition) is 4. The third kappa shape index (κ3) is 5.40. The molecule has 1 saturated heterocycles. The van der Waals surface area contributed by atoms with Gasteiger partial charge >= 0.3 is 0 Å². The number of benzene rings is 1. The SMILES string of the molecule is CC(C)[N+]1(C(C)C)CCCC(=O)C1.Cc1ccc(S(=O)(=O)[O-])cc1. The van der Waals surface area contributed by atoms with Crippen molar-refractivity contribution in [3.05, 3.63) is 29.8 Å². The predicted octanol–water partition coefficient (Wildman–Crippen LogP) is 2.88. The van der Waals surface area contributed by atoms with E-state index in [1.54, 1.807) is 12.1 Å². The number of quaternary nitrogens is 1. The van der Waals surface area contributed by atoms with Crippen LogP contribution < -0.4 is 0 Å². The van der Waals surface area contributed by atoms with E-state index in [9.17, 15) is 17.8 Å². The summed E-state index contributed by atoms with van der Waals surface area (Å²) in [7, 11) is -4.27. The van der Waals surface area contributed by atoms with Gasteiger partial charge in [0, 0.05) is 12.8 Å². The molecule has 1 heterocycles. The molecular weight excluding hydrogens is 326 g/mol. The summed E-state index contributed by atoms with van der Waals surface area (Å²) in [6, 6.07) is 6.93. The van der Waals surface area contributed by atoms with Gasteiger partial charge in [-0.2, -0.15) is 0 Å². The van der Waals surface area contributed by atoms with Crippen LogP contribution in [0, 0.1) is 6.92 Å². The minimum absolute atomic E-state index is 0.178. The van der Waals surface area contributed by atoms with Crippen molar-refractivity contribution in [2.45, 2.75) is 64.4 Å². The topological polar surface area (TPSA) is 74.3 Å². The molecule has 0 unspecified atom stereocenters. The average molecular weight is 356 g/mol. The molecule has 1 aromatic carbocycles. The van der Waals surface area contributed by atoms with Gasteiger partial charge in [0.2, 0.25) is 0 Å². The van der Waals surface area contributed by atoms with Gasteiger partial charge < -0.3 is 9.04 Å². The Labute approximate surface area is 146 Å². The lowest BCUT2D eigenvalue weighted by Gasteiger charge is -2.47. The van der Waals surface area contributed by atoms with Gasteiger partial charge in [0.25, 0.3) is 0 Å². The smallest absolute Gasteiger partial charge is 0.187 e. The highest BCUT2D eigenvalue weighted by Gasteiger charge is 2.39. The fraction of sp³-hybridized carbons (Fsp3) is 0.611. The maximum atomic E-state index is 11.5. The summed E-state index contributed by atoms with van der Waals surface area (Å²) >= 11 is 0. The first-order valence-electron chi connectivity index (χ1n) is 8.39. The molecule has 136 valence electrons. The minimum Gasteiger partial charge on any atom is -0.744 e. The second-order valence-electron chi connectivity index (χ2n) is 7.08. The van der Waals surface area contributed by atoms with Crippen LogP contribution in [0.4, 0.5) is 0 Å². The zero-order valence-electron chi connectivity index (χ0n) is 15.3. The summed E-state index contributed by atoms with van der Waals surface area (Å²) in [6.07, 6.45) is 1.88. The van der Waals surface area contributed by atoms with Crippen LogP contribution in [-0.4, -0.2) is 48.4 Å². The van der Waals surface area contributed by atoms with E-state index >= 15 is 0 Å². The summed E-state index contributed by atoms with van der Waals surface area (Å²) in [6.45, 7) is 12.7. The fourth-order valence-corrected chi connectivity index (χ4v) is 3.71. The third-order valence-corrected chi connectivity index (χ3v) is 5.72. The van der Waals surface area contributed by atoms with E-state index in [1.807, 2.05) is 6.92 Å². The molecule has 0 N–H and O–H groups in total. The quantitative estimate of drug-likeness (QED) is 0.617. The molecular formula is C18H29NO4S. The van der Waals surface area contributed by atoms with Crippen molar-refractivity contribution in [2.24, 2.45) is 0 Å². The summed E-state index contributed by atoms with van der Waals surface area (Å²) < 4.78 is 32.2. The Morgan fingerprint density at radius 3 is 1.88 bits per heavy atom. The highest BCUT2D eigenvalue weighted by molar-refractivity contribution is 7.85. The molecule has 5 nitrogen and oxygen atoms in total. The lowest BCUT2D eigenvalue weighted by atomic mass is 10.0. The Morgan fingerprint density at radius 1 is 1.04 bits per heavy atom. The predicted molar refractivity (Wildman–Crippen MR) is 93.6 cm³/mol. The van der Waals surface area contributed by atoms with Crippen LogP contribution in [0.25, 0.3) is 0 Å². The minimum atomic E-state index is -4.27. The molecule has 2 rings (SSSR count). The molecule has 24 heavy (non-hydrogen) atoms. The highest BCUT2D eigenvalue weighted by atomic mass is 32.2. The standard InChI is InChI=1S/C11H22NO.C7H8O3S/c1-9(2)12(10(3)4)7-5-6-11(13)8-12;1-6-2-4-7(5-3-6)11(8,9)10/h9-10H,5-8H2,1-4H3;2-5H,1H3,(H,8,9,10)/q+1;/p-1. The number of Topliss-reactive ketones (excluding diaryl/α,β-unsaturated/α-hetero) is 1. The molecule has 0 spiro atoms. The number of hydrogen-bond donors (Lipinski definition) is 0. The van der Waals surface area contributed by atoms with Gasteiger partial charge in [-0.25, -0.2) is 8.42 Å². The first-order chi connectivity index (χ1) is 11.0. The number of aryl methyl sites for hydroxylation is 1. The maximum Gasteiger partial charge on any atom is 0.187 e. The second kappa shape index (κ2) is 8.23. The molecule has 1 aliphatic rings. The molecule has 0 radical (unpaired) electrons. The molecule has 1 fully saturated rings. The van der Waals surface area contributed by atoms with E-state index in [0.29, 0.717) is 17.9 Å². The number of piperidine rings is 1. The third-order valence-electron chi connectivity index (χ3n) is 4.87. The van der Waals surface area contributed by atoms with Crippen molar-refractivity contribution in [3.63, 3.8) is 0 Å². The summed E-state index contributed by atoms with van der Waals surface area (Å²) in [4.78, 5) is 11.3. The van der Waals surface area contributed by atoms with Crippen LogP contribution in [0.15, 0.2) is 29.2 Å².